The Kier molecular flexibility index (Phi) is 4.84. The van der Waals surface area contributed by atoms with Crippen molar-refractivity contribution < 1.29 is 4.79 Å². The zero-order chi connectivity index (χ0) is 14.7. The molecule has 0 aromatic carbocycles. The van der Waals surface area contributed by atoms with Gasteiger partial charge in [-0.1, -0.05) is 0 Å². The summed E-state index contributed by atoms with van der Waals surface area (Å²) in [7, 11) is 2.16. The number of nitrogens with zero attached hydrogens (tertiary/aromatic N) is 4. The summed E-state index contributed by atoms with van der Waals surface area (Å²) in [6, 6.07) is 0. The number of carbonyl (C=O) groups is 1. The molecule has 0 radical (unpaired) electrons. The van der Waals surface area contributed by atoms with Crippen LogP contribution in [0.2, 0.25) is 0 Å². The van der Waals surface area contributed by atoms with Gasteiger partial charge in [-0.15, -0.1) is 11.3 Å². The summed E-state index contributed by atoms with van der Waals surface area (Å²) in [5.74, 6) is 0.138. The molecule has 116 valence electrons. The molecule has 0 spiro atoms. The van der Waals surface area contributed by atoms with E-state index in [1.165, 1.54) is 0 Å². The molecule has 3 heterocycles. The second-order valence-corrected chi connectivity index (χ2v) is 6.86. The van der Waals surface area contributed by atoms with Crippen LogP contribution in [-0.2, 0) is 6.54 Å². The Morgan fingerprint density at radius 1 is 1.24 bits per heavy atom. The van der Waals surface area contributed by atoms with E-state index in [1.807, 2.05) is 4.90 Å². The summed E-state index contributed by atoms with van der Waals surface area (Å²) in [6.45, 7) is 8.62. The third-order valence-corrected chi connectivity index (χ3v) is 5.09. The van der Waals surface area contributed by atoms with E-state index in [0.717, 1.165) is 68.8 Å². The molecule has 0 bridgehead atoms. The number of nitrogens with one attached hydrogen (secondary N) is 1. The van der Waals surface area contributed by atoms with E-state index in [2.05, 4.69) is 27.1 Å². The highest BCUT2D eigenvalue weighted by atomic mass is 32.1. The normalized spacial score (nSPS) is 21.7. The lowest BCUT2D eigenvalue weighted by Gasteiger charge is -2.31. The van der Waals surface area contributed by atoms with E-state index < -0.39 is 0 Å². The van der Waals surface area contributed by atoms with E-state index in [9.17, 15) is 4.79 Å². The maximum atomic E-state index is 12.4. The van der Waals surface area contributed by atoms with Gasteiger partial charge in [0, 0.05) is 52.4 Å². The van der Waals surface area contributed by atoms with Crippen molar-refractivity contribution in [3.8, 4) is 0 Å². The van der Waals surface area contributed by atoms with Gasteiger partial charge in [0.05, 0.1) is 12.7 Å². The first-order chi connectivity index (χ1) is 10.2. The molecule has 0 atom stereocenters. The van der Waals surface area contributed by atoms with Crippen LogP contribution in [0.4, 0.5) is 0 Å². The molecule has 1 aromatic rings. The van der Waals surface area contributed by atoms with Crippen molar-refractivity contribution in [3.63, 3.8) is 0 Å². The molecule has 7 heteroatoms. The van der Waals surface area contributed by atoms with Crippen molar-refractivity contribution >= 4 is 17.2 Å². The maximum absolute atomic E-state index is 12.4. The molecule has 6 nitrogen and oxygen atoms in total. The SMILES string of the molecule is CN1CCN(Cc2ncc(C(=O)N3CCNCC3)s2)CC1. The molecule has 0 unspecified atom stereocenters. The predicted octanol–water partition coefficient (Wildman–Crippen LogP) is -0.0641. The number of hydrogen-bond donors (Lipinski definition) is 1. The topological polar surface area (TPSA) is 51.7 Å². The van der Waals surface area contributed by atoms with Crippen molar-refractivity contribution in [3.05, 3.63) is 16.1 Å². The van der Waals surface area contributed by atoms with Gasteiger partial charge in [0.25, 0.3) is 5.91 Å². The fourth-order valence-electron chi connectivity index (χ4n) is 2.70. The van der Waals surface area contributed by atoms with E-state index in [4.69, 9.17) is 0 Å². The molecule has 2 aliphatic rings. The zero-order valence-corrected chi connectivity index (χ0v) is 13.4. The van der Waals surface area contributed by atoms with Gasteiger partial charge in [0.2, 0.25) is 0 Å². The number of hydrogen-bond acceptors (Lipinski definition) is 6. The number of thiazole rings is 1. The average Bonchev–Trinajstić information content (AvgIpc) is 2.98. The highest BCUT2D eigenvalue weighted by Crippen LogP contribution is 2.18. The summed E-state index contributed by atoms with van der Waals surface area (Å²) >= 11 is 1.55. The Balaban J connectivity index is 1.56. The van der Waals surface area contributed by atoms with Crippen molar-refractivity contribution in [2.45, 2.75) is 6.54 Å². The predicted molar refractivity (Wildman–Crippen MR) is 83.7 cm³/mol. The third kappa shape index (κ3) is 3.79. The lowest BCUT2D eigenvalue weighted by molar-refractivity contribution is 0.0740. The zero-order valence-electron chi connectivity index (χ0n) is 12.5. The Bertz CT molecular complexity index is 477. The fraction of sp³-hybridized carbons (Fsp3) is 0.714. The summed E-state index contributed by atoms with van der Waals surface area (Å²) in [5.41, 5.74) is 0. The average molecular weight is 309 g/mol. The molecule has 0 saturated carbocycles. The first-order valence-electron chi connectivity index (χ1n) is 7.58. The standard InChI is InChI=1S/C14H23N5OS/c1-17-6-8-18(9-7-17)11-13-16-10-12(21-13)14(20)19-4-2-15-3-5-19/h10,15H,2-9,11H2,1H3. The molecule has 2 aliphatic heterocycles. The molecular formula is C14H23N5OS. The third-order valence-electron chi connectivity index (χ3n) is 4.12. The van der Waals surface area contributed by atoms with Crippen LogP contribution in [0, 0.1) is 0 Å². The van der Waals surface area contributed by atoms with Crippen LogP contribution < -0.4 is 5.32 Å². The Labute approximate surface area is 129 Å². The van der Waals surface area contributed by atoms with Crippen LogP contribution in [0.25, 0.3) is 0 Å². The van der Waals surface area contributed by atoms with E-state index in [-0.39, 0.29) is 5.91 Å². The molecule has 3 rings (SSSR count). The van der Waals surface area contributed by atoms with E-state index in [0.29, 0.717) is 0 Å². The molecule has 2 fully saturated rings. The van der Waals surface area contributed by atoms with Crippen LogP contribution in [0.1, 0.15) is 14.7 Å². The van der Waals surface area contributed by atoms with Crippen LogP contribution in [0.3, 0.4) is 0 Å². The molecule has 1 amide bonds. The van der Waals surface area contributed by atoms with Crippen molar-refractivity contribution in [2.75, 3.05) is 59.4 Å². The van der Waals surface area contributed by atoms with Gasteiger partial charge in [-0.3, -0.25) is 9.69 Å². The largest absolute Gasteiger partial charge is 0.335 e. The van der Waals surface area contributed by atoms with E-state index in [1.54, 1.807) is 17.5 Å². The van der Waals surface area contributed by atoms with Gasteiger partial charge >= 0.3 is 0 Å². The quantitative estimate of drug-likeness (QED) is 0.847. The van der Waals surface area contributed by atoms with Crippen LogP contribution >= 0.6 is 11.3 Å². The smallest absolute Gasteiger partial charge is 0.265 e. The number of likely N-dealkylation sites (N-methyl/N-ethyl adjacent to an activating group) is 1. The minimum atomic E-state index is 0.138. The number of rotatable bonds is 3. The number of piperazine rings is 2. The summed E-state index contributed by atoms with van der Waals surface area (Å²) < 4.78 is 0. The van der Waals surface area contributed by atoms with Gasteiger partial charge in [-0.05, 0) is 7.05 Å². The minimum absolute atomic E-state index is 0.138. The minimum Gasteiger partial charge on any atom is -0.335 e. The van der Waals surface area contributed by atoms with Gasteiger partial charge in [0.1, 0.15) is 9.88 Å². The van der Waals surface area contributed by atoms with E-state index >= 15 is 0 Å². The molecule has 1 N–H and O–H groups in total. The molecule has 1 aromatic heterocycles. The lowest BCUT2D eigenvalue weighted by Crippen LogP contribution is -2.46. The summed E-state index contributed by atoms with van der Waals surface area (Å²) in [6.07, 6.45) is 1.75. The second-order valence-electron chi connectivity index (χ2n) is 5.74. The fourth-order valence-corrected chi connectivity index (χ4v) is 3.63. The lowest BCUT2D eigenvalue weighted by atomic mass is 10.3. The van der Waals surface area contributed by atoms with Crippen molar-refractivity contribution in [2.24, 2.45) is 0 Å². The molecule has 0 aliphatic carbocycles. The Hall–Kier alpha value is -1.02. The first-order valence-corrected chi connectivity index (χ1v) is 8.39. The monoisotopic (exact) mass is 309 g/mol. The summed E-state index contributed by atoms with van der Waals surface area (Å²) in [5, 5.41) is 4.32. The van der Waals surface area contributed by atoms with Crippen LogP contribution in [0.15, 0.2) is 6.20 Å². The molecule has 2 saturated heterocycles. The Morgan fingerprint density at radius 3 is 2.67 bits per heavy atom. The number of carbonyl (C=O) groups excluding carboxylic acids is 1. The number of aromatic nitrogens is 1. The Morgan fingerprint density at radius 2 is 1.95 bits per heavy atom. The molecular weight excluding hydrogens is 286 g/mol. The highest BCUT2D eigenvalue weighted by Gasteiger charge is 2.21. The van der Waals surface area contributed by atoms with Gasteiger partial charge in [-0.2, -0.15) is 0 Å². The molecule has 21 heavy (non-hydrogen) atoms. The highest BCUT2D eigenvalue weighted by molar-refractivity contribution is 7.13. The van der Waals surface area contributed by atoms with Gasteiger partial charge in [-0.25, -0.2) is 4.98 Å². The van der Waals surface area contributed by atoms with Crippen molar-refractivity contribution in [1.29, 1.82) is 0 Å². The van der Waals surface area contributed by atoms with Gasteiger partial charge < -0.3 is 15.1 Å². The van der Waals surface area contributed by atoms with Crippen molar-refractivity contribution in [1.82, 2.24) is 25.0 Å². The number of amides is 1. The maximum Gasteiger partial charge on any atom is 0.265 e. The summed E-state index contributed by atoms with van der Waals surface area (Å²) in [4.78, 5) is 24.3. The van der Waals surface area contributed by atoms with Crippen LogP contribution in [0.5, 0.6) is 0 Å². The second kappa shape index (κ2) is 6.83. The van der Waals surface area contributed by atoms with Gasteiger partial charge in [0.15, 0.2) is 0 Å². The van der Waals surface area contributed by atoms with Crippen LogP contribution in [-0.4, -0.2) is 85.0 Å². The first kappa shape index (κ1) is 14.9.